The molecule has 4 aromatic rings. The molecule has 0 aliphatic rings. The maximum Gasteiger partial charge on any atom is 0.278 e. The molecule has 1 N–H and O–H groups in total. The van der Waals surface area contributed by atoms with Gasteiger partial charge in [0, 0.05) is 23.9 Å². The van der Waals surface area contributed by atoms with Crippen molar-refractivity contribution in [2.45, 2.75) is 19.4 Å². The molecule has 0 aliphatic carbocycles. The van der Waals surface area contributed by atoms with E-state index >= 15 is 0 Å². The summed E-state index contributed by atoms with van der Waals surface area (Å²) in [5, 5.41) is 14.2. The molecule has 0 saturated carbocycles. The fraction of sp³-hybridized carbons (Fsp3) is 0.190. The van der Waals surface area contributed by atoms with E-state index in [1.165, 1.54) is 0 Å². The van der Waals surface area contributed by atoms with Crippen LogP contribution in [-0.2, 0) is 11.2 Å². The summed E-state index contributed by atoms with van der Waals surface area (Å²) < 4.78 is 1.12. The molecule has 29 heavy (non-hydrogen) atoms. The van der Waals surface area contributed by atoms with E-state index in [4.69, 9.17) is 0 Å². The normalized spacial score (nSPS) is 12.0. The zero-order chi connectivity index (χ0) is 20.2. The number of hydrogen-bond acceptors (Lipinski definition) is 6. The predicted molar refractivity (Wildman–Crippen MR) is 113 cm³/mol. The van der Waals surface area contributed by atoms with E-state index in [1.807, 2.05) is 35.7 Å². The Hall–Kier alpha value is -3.39. The highest BCUT2D eigenvalue weighted by Crippen LogP contribution is 2.21. The lowest BCUT2D eigenvalue weighted by molar-refractivity contribution is -0.124. The molecule has 0 radical (unpaired) electrons. The van der Waals surface area contributed by atoms with Crippen molar-refractivity contribution in [1.29, 1.82) is 0 Å². The first kappa shape index (κ1) is 18.9. The first-order chi connectivity index (χ1) is 14.1. The van der Waals surface area contributed by atoms with Gasteiger partial charge in [-0.15, -0.1) is 16.4 Å². The van der Waals surface area contributed by atoms with Gasteiger partial charge in [0.2, 0.25) is 5.91 Å². The Morgan fingerprint density at radius 2 is 1.90 bits per heavy atom. The topological polar surface area (TPSA) is 89.8 Å². The van der Waals surface area contributed by atoms with Crippen molar-refractivity contribution < 1.29 is 4.79 Å². The van der Waals surface area contributed by atoms with Crippen LogP contribution in [0.5, 0.6) is 0 Å². The van der Waals surface area contributed by atoms with Gasteiger partial charge in [-0.2, -0.15) is 4.68 Å². The van der Waals surface area contributed by atoms with E-state index in [2.05, 4.69) is 20.6 Å². The smallest absolute Gasteiger partial charge is 0.278 e. The molecule has 8 heteroatoms. The van der Waals surface area contributed by atoms with Gasteiger partial charge < -0.3 is 5.32 Å². The van der Waals surface area contributed by atoms with Crippen molar-refractivity contribution in [3.8, 4) is 11.3 Å². The molecule has 4 rings (SSSR count). The number of fused-ring (bicyclic) bond motifs is 1. The molecule has 0 fully saturated rings. The Bertz CT molecular complexity index is 1200. The first-order valence-corrected chi connectivity index (χ1v) is 10.1. The summed E-state index contributed by atoms with van der Waals surface area (Å²) in [5.74, 6) is -0.281. The van der Waals surface area contributed by atoms with E-state index in [-0.39, 0.29) is 11.5 Å². The van der Waals surface area contributed by atoms with E-state index in [1.54, 1.807) is 42.5 Å². The molecule has 2 heterocycles. The molecule has 2 aromatic carbocycles. The Kier molecular flexibility index (Phi) is 5.44. The maximum absolute atomic E-state index is 12.6. The van der Waals surface area contributed by atoms with Crippen LogP contribution in [-0.4, -0.2) is 32.4 Å². The van der Waals surface area contributed by atoms with Crippen LogP contribution in [0.2, 0.25) is 0 Å². The third-order valence-electron chi connectivity index (χ3n) is 4.60. The number of thiazole rings is 1. The SMILES string of the molecule is C[C@H](C(=O)NCCc1nc(-c2ccccc2)cs1)n1nnc2ccccc2c1=O. The lowest BCUT2D eigenvalue weighted by Gasteiger charge is -2.13. The largest absolute Gasteiger partial charge is 0.354 e. The summed E-state index contributed by atoms with van der Waals surface area (Å²) in [7, 11) is 0. The van der Waals surface area contributed by atoms with Crippen LogP contribution < -0.4 is 10.9 Å². The first-order valence-electron chi connectivity index (χ1n) is 9.25. The molecule has 0 spiro atoms. The van der Waals surface area contributed by atoms with Gasteiger partial charge in [0.05, 0.1) is 16.1 Å². The van der Waals surface area contributed by atoms with Crippen LogP contribution in [0, 0.1) is 0 Å². The minimum Gasteiger partial charge on any atom is -0.354 e. The van der Waals surface area contributed by atoms with Gasteiger partial charge in [-0.25, -0.2) is 4.98 Å². The molecule has 1 atom stereocenters. The van der Waals surface area contributed by atoms with Crippen molar-refractivity contribution in [3.63, 3.8) is 0 Å². The van der Waals surface area contributed by atoms with Crippen LogP contribution in [0.3, 0.4) is 0 Å². The number of rotatable bonds is 6. The fourth-order valence-corrected chi connectivity index (χ4v) is 3.78. The van der Waals surface area contributed by atoms with Crippen molar-refractivity contribution in [3.05, 3.63) is 75.3 Å². The highest BCUT2D eigenvalue weighted by Gasteiger charge is 2.19. The van der Waals surface area contributed by atoms with Crippen molar-refractivity contribution in [1.82, 2.24) is 25.3 Å². The predicted octanol–water partition coefficient (Wildman–Crippen LogP) is 2.83. The summed E-state index contributed by atoms with van der Waals surface area (Å²) in [6.07, 6.45) is 0.619. The summed E-state index contributed by atoms with van der Waals surface area (Å²) in [6.45, 7) is 2.07. The third-order valence-corrected chi connectivity index (χ3v) is 5.51. The van der Waals surface area contributed by atoms with E-state index in [9.17, 15) is 9.59 Å². The van der Waals surface area contributed by atoms with Crippen LogP contribution in [0.25, 0.3) is 22.2 Å². The number of benzene rings is 2. The number of nitrogens with one attached hydrogen (secondary N) is 1. The number of aromatic nitrogens is 4. The molecule has 146 valence electrons. The third kappa shape index (κ3) is 4.07. The Morgan fingerprint density at radius 3 is 2.72 bits per heavy atom. The van der Waals surface area contributed by atoms with Gasteiger partial charge in [0.15, 0.2) is 0 Å². The van der Waals surface area contributed by atoms with Gasteiger partial charge in [0.25, 0.3) is 5.56 Å². The van der Waals surface area contributed by atoms with Crippen molar-refractivity contribution >= 4 is 28.1 Å². The van der Waals surface area contributed by atoms with E-state index < -0.39 is 6.04 Å². The van der Waals surface area contributed by atoms with Crippen LogP contribution in [0.4, 0.5) is 0 Å². The van der Waals surface area contributed by atoms with Gasteiger partial charge >= 0.3 is 0 Å². The van der Waals surface area contributed by atoms with Crippen molar-refractivity contribution in [2.75, 3.05) is 6.54 Å². The second-order valence-corrected chi connectivity index (χ2v) is 7.51. The molecule has 0 unspecified atom stereocenters. The second kappa shape index (κ2) is 8.32. The molecular weight excluding hydrogens is 386 g/mol. The van der Waals surface area contributed by atoms with E-state index in [0.717, 1.165) is 20.9 Å². The average molecular weight is 405 g/mol. The molecule has 7 nitrogen and oxygen atoms in total. The number of amides is 1. The van der Waals surface area contributed by atoms with Crippen molar-refractivity contribution in [2.24, 2.45) is 0 Å². The molecular formula is C21H19N5O2S. The lowest BCUT2D eigenvalue weighted by atomic mass is 10.2. The van der Waals surface area contributed by atoms with Crippen LogP contribution in [0.15, 0.2) is 64.8 Å². The fourth-order valence-electron chi connectivity index (χ4n) is 2.97. The lowest BCUT2D eigenvalue weighted by Crippen LogP contribution is -2.38. The Balaban J connectivity index is 1.38. The molecule has 1 amide bonds. The highest BCUT2D eigenvalue weighted by atomic mass is 32.1. The van der Waals surface area contributed by atoms with Gasteiger partial charge in [-0.1, -0.05) is 47.7 Å². The Labute approximate surface area is 171 Å². The molecule has 0 aliphatic heterocycles. The monoisotopic (exact) mass is 405 g/mol. The summed E-state index contributed by atoms with van der Waals surface area (Å²) in [5.41, 5.74) is 2.19. The average Bonchev–Trinajstić information content (AvgIpc) is 3.23. The van der Waals surface area contributed by atoms with Gasteiger partial charge in [-0.3, -0.25) is 9.59 Å². The molecule has 0 bridgehead atoms. The summed E-state index contributed by atoms with van der Waals surface area (Å²) >= 11 is 1.56. The van der Waals surface area contributed by atoms with E-state index in [0.29, 0.717) is 23.9 Å². The second-order valence-electron chi connectivity index (χ2n) is 6.57. The minimum atomic E-state index is -0.754. The van der Waals surface area contributed by atoms with Gasteiger partial charge in [-0.05, 0) is 19.1 Å². The minimum absolute atomic E-state index is 0.281. The number of carbonyl (C=O) groups excluding carboxylic acids is 1. The van der Waals surface area contributed by atoms with Gasteiger partial charge in [0.1, 0.15) is 11.6 Å². The molecule has 0 saturated heterocycles. The highest BCUT2D eigenvalue weighted by molar-refractivity contribution is 7.09. The Morgan fingerprint density at radius 1 is 1.14 bits per heavy atom. The zero-order valence-electron chi connectivity index (χ0n) is 15.8. The number of nitrogens with zero attached hydrogens (tertiary/aromatic N) is 4. The quantitative estimate of drug-likeness (QED) is 0.533. The summed E-state index contributed by atoms with van der Waals surface area (Å²) in [6, 6.07) is 16.2. The number of carbonyl (C=O) groups is 1. The zero-order valence-corrected chi connectivity index (χ0v) is 16.6. The number of hydrogen-bond donors (Lipinski definition) is 1. The maximum atomic E-state index is 12.6. The molecule has 2 aromatic heterocycles. The van der Waals surface area contributed by atoms with Crippen LogP contribution >= 0.6 is 11.3 Å². The standard InChI is InChI=1S/C21H19N5O2S/c1-14(26-21(28)16-9-5-6-10-17(16)24-25-26)20(27)22-12-11-19-23-18(13-29-19)15-7-3-2-4-8-15/h2-10,13-14H,11-12H2,1H3,(H,22,27)/t14-/m1/s1. The van der Waals surface area contributed by atoms with Crippen LogP contribution in [0.1, 0.15) is 18.0 Å². The summed E-state index contributed by atoms with van der Waals surface area (Å²) in [4.78, 5) is 29.7.